The summed E-state index contributed by atoms with van der Waals surface area (Å²) in [5, 5.41) is 0. The van der Waals surface area contributed by atoms with E-state index >= 15 is 0 Å². The maximum absolute atomic E-state index is 13.5. The van der Waals surface area contributed by atoms with Crippen LogP contribution in [0.3, 0.4) is 0 Å². The topological polar surface area (TPSA) is 12.5 Å². The smallest absolute Gasteiger partial charge is 0.165 e. The van der Waals surface area contributed by atoms with Crippen molar-refractivity contribution in [1.82, 2.24) is 4.90 Å². The number of likely N-dealkylation sites (tertiary alicyclic amines) is 1. The maximum Gasteiger partial charge on any atom is 0.165 e. The summed E-state index contributed by atoms with van der Waals surface area (Å²) in [5.41, 5.74) is 1.01. The van der Waals surface area contributed by atoms with Crippen LogP contribution in [0.1, 0.15) is 18.4 Å². The van der Waals surface area contributed by atoms with Crippen molar-refractivity contribution >= 4 is 15.9 Å². The van der Waals surface area contributed by atoms with Crippen molar-refractivity contribution in [3.63, 3.8) is 0 Å². The lowest BCUT2D eigenvalue weighted by Crippen LogP contribution is -2.33. The van der Waals surface area contributed by atoms with Gasteiger partial charge >= 0.3 is 0 Å². The van der Waals surface area contributed by atoms with Crippen molar-refractivity contribution in [2.75, 3.05) is 20.2 Å². The Morgan fingerprint density at radius 3 is 2.71 bits per heavy atom. The van der Waals surface area contributed by atoms with Crippen LogP contribution < -0.4 is 4.74 Å². The number of piperidine rings is 1. The van der Waals surface area contributed by atoms with Gasteiger partial charge in [0.2, 0.25) is 0 Å². The highest BCUT2D eigenvalue weighted by Crippen LogP contribution is 2.22. The Bertz CT molecular complexity index is 378. The molecule has 1 heterocycles. The maximum atomic E-state index is 13.5. The number of ether oxygens (including phenoxy) is 1. The molecule has 0 amide bonds. The van der Waals surface area contributed by atoms with Crippen molar-refractivity contribution in [3.8, 4) is 5.75 Å². The van der Waals surface area contributed by atoms with Gasteiger partial charge < -0.3 is 4.74 Å². The average Bonchev–Trinajstić information content (AvgIpc) is 2.32. The quantitative estimate of drug-likeness (QED) is 0.795. The van der Waals surface area contributed by atoms with Crippen LogP contribution >= 0.6 is 15.9 Å². The van der Waals surface area contributed by atoms with E-state index in [1.165, 1.54) is 20.0 Å². The molecule has 94 valence electrons. The zero-order valence-corrected chi connectivity index (χ0v) is 11.5. The van der Waals surface area contributed by atoms with E-state index in [0.717, 1.165) is 25.2 Å². The molecule has 0 radical (unpaired) electrons. The fourth-order valence-corrected chi connectivity index (χ4v) is 2.54. The van der Waals surface area contributed by atoms with Gasteiger partial charge in [-0.05, 0) is 43.6 Å². The fourth-order valence-electron chi connectivity index (χ4n) is 2.13. The van der Waals surface area contributed by atoms with Crippen LogP contribution in [0, 0.1) is 5.82 Å². The molecule has 1 aromatic carbocycles. The summed E-state index contributed by atoms with van der Waals surface area (Å²) in [4.78, 5) is 3.00. The summed E-state index contributed by atoms with van der Waals surface area (Å²) >= 11 is 3.63. The molecule has 0 saturated carbocycles. The summed E-state index contributed by atoms with van der Waals surface area (Å²) in [6, 6.07) is 5.20. The van der Waals surface area contributed by atoms with Gasteiger partial charge in [0.25, 0.3) is 0 Å². The standard InChI is InChI=1S/C13H17BrFNO/c1-17-13-3-2-10(8-12(13)15)9-16-6-4-11(14)5-7-16/h2-3,8,11H,4-7,9H2,1H3. The highest BCUT2D eigenvalue weighted by molar-refractivity contribution is 9.09. The van der Waals surface area contributed by atoms with Crippen LogP contribution in [-0.4, -0.2) is 29.9 Å². The highest BCUT2D eigenvalue weighted by atomic mass is 79.9. The van der Waals surface area contributed by atoms with Crippen molar-refractivity contribution in [2.45, 2.75) is 24.2 Å². The van der Waals surface area contributed by atoms with Gasteiger partial charge in [-0.15, -0.1) is 0 Å². The second kappa shape index (κ2) is 5.83. The highest BCUT2D eigenvalue weighted by Gasteiger charge is 2.17. The molecule has 1 fully saturated rings. The molecule has 0 aliphatic carbocycles. The first-order valence-electron chi connectivity index (χ1n) is 5.88. The molecule has 17 heavy (non-hydrogen) atoms. The molecule has 0 bridgehead atoms. The number of nitrogens with zero attached hydrogens (tertiary/aromatic N) is 1. The van der Waals surface area contributed by atoms with Crippen LogP contribution in [0.5, 0.6) is 5.75 Å². The summed E-state index contributed by atoms with van der Waals surface area (Å²) < 4.78 is 18.4. The largest absolute Gasteiger partial charge is 0.494 e. The lowest BCUT2D eigenvalue weighted by atomic mass is 10.1. The van der Waals surface area contributed by atoms with Crippen molar-refractivity contribution in [3.05, 3.63) is 29.6 Å². The van der Waals surface area contributed by atoms with E-state index in [0.29, 0.717) is 10.6 Å². The lowest BCUT2D eigenvalue weighted by Gasteiger charge is -2.29. The lowest BCUT2D eigenvalue weighted by molar-refractivity contribution is 0.226. The minimum absolute atomic E-state index is 0.277. The van der Waals surface area contributed by atoms with Gasteiger partial charge in [-0.2, -0.15) is 0 Å². The molecule has 2 rings (SSSR count). The third kappa shape index (κ3) is 3.42. The first-order chi connectivity index (χ1) is 8.19. The molecule has 0 unspecified atom stereocenters. The first kappa shape index (κ1) is 12.8. The molecule has 2 nitrogen and oxygen atoms in total. The van der Waals surface area contributed by atoms with Crippen LogP contribution in [-0.2, 0) is 6.54 Å². The summed E-state index contributed by atoms with van der Waals surface area (Å²) in [5.74, 6) is 0.0355. The number of rotatable bonds is 3. The van der Waals surface area contributed by atoms with E-state index in [1.807, 2.05) is 6.07 Å². The van der Waals surface area contributed by atoms with E-state index in [2.05, 4.69) is 20.8 Å². The van der Waals surface area contributed by atoms with Gasteiger partial charge in [0, 0.05) is 11.4 Å². The second-order valence-corrected chi connectivity index (χ2v) is 5.71. The Kier molecular flexibility index (Phi) is 4.40. The Balaban J connectivity index is 1.97. The van der Waals surface area contributed by atoms with E-state index < -0.39 is 0 Å². The minimum Gasteiger partial charge on any atom is -0.494 e. The van der Waals surface area contributed by atoms with Crippen molar-refractivity contribution in [1.29, 1.82) is 0 Å². The molecule has 0 atom stereocenters. The first-order valence-corrected chi connectivity index (χ1v) is 6.79. The Hall–Kier alpha value is -0.610. The second-order valence-electron chi connectivity index (χ2n) is 4.42. The molecule has 1 aliphatic rings. The molecule has 1 aliphatic heterocycles. The molecule has 0 spiro atoms. The van der Waals surface area contributed by atoms with E-state index in [1.54, 1.807) is 12.1 Å². The van der Waals surface area contributed by atoms with Crippen LogP contribution in [0.25, 0.3) is 0 Å². The predicted octanol–water partition coefficient (Wildman–Crippen LogP) is 3.19. The molecular formula is C13H17BrFNO. The summed E-state index contributed by atoms with van der Waals surface area (Å²) in [7, 11) is 1.48. The Labute approximate surface area is 110 Å². The number of benzene rings is 1. The fraction of sp³-hybridized carbons (Fsp3) is 0.538. The van der Waals surface area contributed by atoms with Gasteiger partial charge in [-0.25, -0.2) is 4.39 Å². The number of halogens is 2. The molecule has 1 aromatic rings. The zero-order valence-electron chi connectivity index (χ0n) is 9.96. The van der Waals surface area contributed by atoms with E-state index in [9.17, 15) is 4.39 Å². The average molecular weight is 302 g/mol. The number of hydrogen-bond acceptors (Lipinski definition) is 2. The van der Waals surface area contributed by atoms with E-state index in [4.69, 9.17) is 4.74 Å². The van der Waals surface area contributed by atoms with Gasteiger partial charge in [0.05, 0.1) is 7.11 Å². The monoisotopic (exact) mass is 301 g/mol. The Morgan fingerprint density at radius 2 is 2.12 bits per heavy atom. The molecule has 4 heteroatoms. The van der Waals surface area contributed by atoms with Gasteiger partial charge in [0.15, 0.2) is 11.6 Å². The normalized spacial score (nSPS) is 18.3. The van der Waals surface area contributed by atoms with Crippen molar-refractivity contribution in [2.24, 2.45) is 0 Å². The van der Waals surface area contributed by atoms with Crippen LogP contribution in [0.2, 0.25) is 0 Å². The SMILES string of the molecule is COc1ccc(CN2CCC(Br)CC2)cc1F. The van der Waals surface area contributed by atoms with Crippen LogP contribution in [0.15, 0.2) is 18.2 Å². The third-order valence-electron chi connectivity index (χ3n) is 3.14. The number of hydrogen-bond donors (Lipinski definition) is 0. The van der Waals surface area contributed by atoms with Crippen LogP contribution in [0.4, 0.5) is 4.39 Å². The zero-order chi connectivity index (χ0) is 12.3. The summed E-state index contributed by atoms with van der Waals surface area (Å²) in [6.45, 7) is 2.97. The number of methoxy groups -OCH3 is 1. The molecule has 0 N–H and O–H groups in total. The Morgan fingerprint density at radius 1 is 1.41 bits per heavy atom. The summed E-state index contributed by atoms with van der Waals surface area (Å²) in [6.07, 6.45) is 2.33. The minimum atomic E-state index is -0.277. The van der Waals surface area contributed by atoms with Gasteiger partial charge in [-0.1, -0.05) is 22.0 Å². The van der Waals surface area contributed by atoms with E-state index in [-0.39, 0.29) is 5.82 Å². The predicted molar refractivity (Wildman–Crippen MR) is 70.2 cm³/mol. The third-order valence-corrected chi connectivity index (χ3v) is 4.06. The van der Waals surface area contributed by atoms with Gasteiger partial charge in [0.1, 0.15) is 0 Å². The van der Waals surface area contributed by atoms with Crippen molar-refractivity contribution < 1.29 is 9.13 Å². The van der Waals surface area contributed by atoms with Gasteiger partial charge in [-0.3, -0.25) is 4.90 Å². The molecule has 0 aromatic heterocycles. The molecular weight excluding hydrogens is 285 g/mol. The number of alkyl halides is 1. The molecule has 1 saturated heterocycles.